The lowest BCUT2D eigenvalue weighted by atomic mass is 10.1. The highest BCUT2D eigenvalue weighted by Gasteiger charge is 2.30. The number of carbonyl (C=O) groups is 2. The van der Waals surface area contributed by atoms with Gasteiger partial charge in [0.05, 0.1) is 21.3 Å². The van der Waals surface area contributed by atoms with E-state index in [4.69, 9.17) is 27.9 Å². The fourth-order valence-electron chi connectivity index (χ4n) is 1.96. The molecular formula is C18H12Cl2F3NO3. The number of alkyl halides is 3. The molecule has 2 aromatic rings. The smallest absolute Gasteiger partial charge is 0.416 e. The number of ether oxygens (including phenoxy) is 1. The zero-order valence-electron chi connectivity index (χ0n) is 13.5. The molecule has 2 rings (SSSR count). The van der Waals surface area contributed by atoms with E-state index in [0.29, 0.717) is 0 Å². The summed E-state index contributed by atoms with van der Waals surface area (Å²) in [5.74, 6) is -1.57. The molecule has 0 aliphatic carbocycles. The first kappa shape index (κ1) is 20.8. The molecule has 0 radical (unpaired) electrons. The molecule has 0 atom stereocenters. The van der Waals surface area contributed by atoms with E-state index in [-0.39, 0.29) is 21.3 Å². The lowest BCUT2D eigenvalue weighted by Crippen LogP contribution is -2.20. The van der Waals surface area contributed by atoms with Crippen LogP contribution in [0.2, 0.25) is 10.0 Å². The van der Waals surface area contributed by atoms with Crippen LogP contribution in [-0.2, 0) is 20.5 Å². The number of hydrogen-bond donors (Lipinski definition) is 1. The maximum atomic E-state index is 12.6. The molecule has 1 amide bonds. The SMILES string of the molecule is O=C(COC(=O)/C=C/c1cccc(C(F)(F)F)c1)Nc1c(Cl)cccc1Cl. The van der Waals surface area contributed by atoms with Gasteiger partial charge in [0.15, 0.2) is 6.61 Å². The largest absolute Gasteiger partial charge is 0.452 e. The summed E-state index contributed by atoms with van der Waals surface area (Å²) in [5, 5.41) is 2.83. The van der Waals surface area contributed by atoms with Gasteiger partial charge in [0.25, 0.3) is 5.91 Å². The van der Waals surface area contributed by atoms with E-state index in [1.165, 1.54) is 24.3 Å². The molecule has 9 heteroatoms. The minimum atomic E-state index is -4.48. The number of carbonyl (C=O) groups excluding carboxylic acids is 2. The van der Waals surface area contributed by atoms with Gasteiger partial charge < -0.3 is 10.1 Å². The van der Waals surface area contributed by atoms with Crippen molar-refractivity contribution in [3.63, 3.8) is 0 Å². The van der Waals surface area contributed by atoms with Gasteiger partial charge in [-0.05, 0) is 35.9 Å². The highest BCUT2D eigenvalue weighted by atomic mass is 35.5. The molecule has 1 N–H and O–H groups in total. The summed E-state index contributed by atoms with van der Waals surface area (Å²) in [6, 6.07) is 9.05. The van der Waals surface area contributed by atoms with E-state index in [0.717, 1.165) is 24.3 Å². The second-order valence-electron chi connectivity index (χ2n) is 5.21. The van der Waals surface area contributed by atoms with Gasteiger partial charge in [-0.2, -0.15) is 13.2 Å². The minimum Gasteiger partial charge on any atom is -0.452 e. The van der Waals surface area contributed by atoms with Crippen molar-refractivity contribution in [1.29, 1.82) is 0 Å². The van der Waals surface area contributed by atoms with Crippen LogP contribution in [0.15, 0.2) is 48.5 Å². The molecular weight excluding hydrogens is 406 g/mol. The third kappa shape index (κ3) is 6.30. The van der Waals surface area contributed by atoms with Crippen LogP contribution < -0.4 is 5.32 Å². The zero-order valence-corrected chi connectivity index (χ0v) is 15.0. The van der Waals surface area contributed by atoms with Crippen molar-refractivity contribution in [2.24, 2.45) is 0 Å². The molecule has 0 saturated carbocycles. The normalized spacial score (nSPS) is 11.4. The van der Waals surface area contributed by atoms with E-state index >= 15 is 0 Å². The van der Waals surface area contributed by atoms with E-state index in [2.05, 4.69) is 5.32 Å². The van der Waals surface area contributed by atoms with Crippen LogP contribution in [0.1, 0.15) is 11.1 Å². The molecule has 142 valence electrons. The fraction of sp³-hybridized carbons (Fsp3) is 0.111. The van der Waals surface area contributed by atoms with Gasteiger partial charge in [0.1, 0.15) is 0 Å². The third-order valence-electron chi connectivity index (χ3n) is 3.20. The molecule has 0 bridgehead atoms. The van der Waals surface area contributed by atoms with Gasteiger partial charge in [0, 0.05) is 6.08 Å². The molecule has 0 saturated heterocycles. The van der Waals surface area contributed by atoms with Crippen LogP contribution in [-0.4, -0.2) is 18.5 Å². The predicted molar refractivity (Wildman–Crippen MR) is 96.5 cm³/mol. The monoisotopic (exact) mass is 417 g/mol. The number of benzene rings is 2. The van der Waals surface area contributed by atoms with Crippen molar-refractivity contribution < 1.29 is 27.5 Å². The van der Waals surface area contributed by atoms with Gasteiger partial charge >= 0.3 is 12.1 Å². The Morgan fingerprint density at radius 3 is 2.33 bits per heavy atom. The molecule has 0 heterocycles. The highest BCUT2D eigenvalue weighted by molar-refractivity contribution is 6.39. The number of anilines is 1. The summed E-state index contributed by atoms with van der Waals surface area (Å²) < 4.78 is 42.6. The number of hydrogen-bond acceptors (Lipinski definition) is 3. The molecule has 0 unspecified atom stereocenters. The second kappa shape index (κ2) is 8.92. The van der Waals surface area contributed by atoms with Crippen LogP contribution in [0, 0.1) is 0 Å². The molecule has 2 aromatic carbocycles. The van der Waals surface area contributed by atoms with Crippen LogP contribution in [0.25, 0.3) is 6.08 Å². The number of halogens is 5. The maximum Gasteiger partial charge on any atom is 0.416 e. The summed E-state index contributed by atoms with van der Waals surface area (Å²) in [5.41, 5.74) is -0.496. The summed E-state index contributed by atoms with van der Waals surface area (Å²) in [7, 11) is 0. The van der Waals surface area contributed by atoms with E-state index in [1.54, 1.807) is 6.07 Å². The van der Waals surface area contributed by atoms with Gasteiger partial charge in [-0.25, -0.2) is 4.79 Å². The van der Waals surface area contributed by atoms with Crippen molar-refractivity contribution in [3.8, 4) is 0 Å². The first-order valence-corrected chi connectivity index (χ1v) is 8.18. The Kier molecular flexibility index (Phi) is 6.87. The Bertz CT molecular complexity index is 862. The quantitative estimate of drug-likeness (QED) is 0.536. The maximum absolute atomic E-state index is 12.6. The Morgan fingerprint density at radius 2 is 1.70 bits per heavy atom. The molecule has 0 aliphatic rings. The molecule has 0 fully saturated rings. The molecule has 0 spiro atoms. The van der Waals surface area contributed by atoms with E-state index < -0.39 is 30.2 Å². The molecule has 27 heavy (non-hydrogen) atoms. The van der Waals surface area contributed by atoms with Crippen molar-refractivity contribution >= 4 is 46.8 Å². The number of esters is 1. The standard InChI is InChI=1S/C18H12Cl2F3NO3/c19-13-5-2-6-14(20)17(13)24-15(25)10-27-16(26)8-7-11-3-1-4-12(9-11)18(21,22)23/h1-9H,10H2,(H,24,25)/b8-7+. The number of nitrogens with one attached hydrogen (secondary N) is 1. The van der Waals surface area contributed by atoms with Crippen molar-refractivity contribution in [1.82, 2.24) is 0 Å². The summed E-state index contributed by atoms with van der Waals surface area (Å²) in [6.07, 6.45) is -2.41. The van der Waals surface area contributed by atoms with Crippen molar-refractivity contribution in [2.45, 2.75) is 6.18 Å². The average Bonchev–Trinajstić information content (AvgIpc) is 2.61. The number of amides is 1. The minimum absolute atomic E-state index is 0.161. The van der Waals surface area contributed by atoms with Gasteiger partial charge in [-0.3, -0.25) is 4.79 Å². The Labute approximate surface area is 162 Å². The molecule has 4 nitrogen and oxygen atoms in total. The summed E-state index contributed by atoms with van der Waals surface area (Å²) in [6.45, 7) is -0.618. The third-order valence-corrected chi connectivity index (χ3v) is 3.83. The lowest BCUT2D eigenvalue weighted by molar-refractivity contribution is -0.142. The highest BCUT2D eigenvalue weighted by Crippen LogP contribution is 2.30. The van der Waals surface area contributed by atoms with Gasteiger partial charge in [-0.15, -0.1) is 0 Å². The Morgan fingerprint density at radius 1 is 1.07 bits per heavy atom. The van der Waals surface area contributed by atoms with E-state index in [1.807, 2.05) is 0 Å². The van der Waals surface area contributed by atoms with Gasteiger partial charge in [-0.1, -0.05) is 41.4 Å². The summed E-state index contributed by atoms with van der Waals surface area (Å²) >= 11 is 11.8. The van der Waals surface area contributed by atoms with E-state index in [9.17, 15) is 22.8 Å². The average molecular weight is 418 g/mol. The van der Waals surface area contributed by atoms with Gasteiger partial charge in [0.2, 0.25) is 0 Å². The second-order valence-corrected chi connectivity index (χ2v) is 6.02. The lowest BCUT2D eigenvalue weighted by Gasteiger charge is -2.09. The first-order valence-electron chi connectivity index (χ1n) is 7.43. The van der Waals surface area contributed by atoms with Crippen LogP contribution >= 0.6 is 23.2 Å². The van der Waals surface area contributed by atoms with Crippen LogP contribution in [0.5, 0.6) is 0 Å². The first-order chi connectivity index (χ1) is 12.7. The van der Waals surface area contributed by atoms with Crippen LogP contribution in [0.4, 0.5) is 18.9 Å². The summed E-state index contributed by atoms with van der Waals surface area (Å²) in [4.78, 5) is 23.4. The molecule has 0 aromatic heterocycles. The Balaban J connectivity index is 1.91. The molecule has 0 aliphatic heterocycles. The predicted octanol–water partition coefficient (Wildman–Crippen LogP) is 5.21. The fourth-order valence-corrected chi connectivity index (χ4v) is 2.45. The van der Waals surface area contributed by atoms with Crippen molar-refractivity contribution in [3.05, 3.63) is 69.7 Å². The zero-order chi connectivity index (χ0) is 20.0. The number of para-hydroxylation sites is 1. The Hall–Kier alpha value is -2.51. The van der Waals surface area contributed by atoms with Crippen molar-refractivity contribution in [2.75, 3.05) is 11.9 Å². The topological polar surface area (TPSA) is 55.4 Å². The number of rotatable bonds is 5. The van der Waals surface area contributed by atoms with Crippen LogP contribution in [0.3, 0.4) is 0 Å².